The Kier molecular flexibility index (Phi) is 11.9. The molecule has 0 saturated carbocycles. The lowest BCUT2D eigenvalue weighted by atomic mass is 10.1. The highest BCUT2D eigenvalue weighted by Crippen LogP contribution is 2.37. The fourth-order valence-corrected chi connectivity index (χ4v) is 9.55. The van der Waals surface area contributed by atoms with Crippen LogP contribution in [0.2, 0.25) is 5.04 Å². The van der Waals surface area contributed by atoms with Gasteiger partial charge in [0.25, 0.3) is 8.32 Å². The number of hydrogen-bond acceptors (Lipinski definition) is 6. The Hall–Kier alpha value is -3.72. The lowest BCUT2D eigenvalue weighted by Crippen LogP contribution is -2.67. The number of nitrogens with one attached hydrogen (secondary N) is 1. The third kappa shape index (κ3) is 9.64. The number of hydrogen-bond donors (Lipinski definition) is 1. The van der Waals surface area contributed by atoms with Crippen LogP contribution in [0.3, 0.4) is 0 Å². The molecule has 0 aromatic heterocycles. The minimum absolute atomic E-state index is 0.0947. The van der Waals surface area contributed by atoms with Crippen molar-refractivity contribution in [2.75, 3.05) is 13.7 Å². The van der Waals surface area contributed by atoms with Gasteiger partial charge in [-0.1, -0.05) is 112 Å². The molecule has 0 spiro atoms. The third-order valence-electron chi connectivity index (χ3n) is 6.90. The van der Waals surface area contributed by atoms with Crippen LogP contribution in [0.15, 0.2) is 103 Å². The monoisotopic (exact) mass is 603 g/mol. The molecule has 0 fully saturated rings. The number of alkyl carbamates (subject to hydrolysis) is 1. The van der Waals surface area contributed by atoms with Gasteiger partial charge in [-0.05, 0) is 47.8 Å². The molecule has 0 saturated heterocycles. The first-order valence-corrected chi connectivity index (χ1v) is 16.4. The van der Waals surface area contributed by atoms with Crippen molar-refractivity contribution in [3.63, 3.8) is 0 Å². The quantitative estimate of drug-likeness (QED) is 0.161. The number of rotatable bonds is 12. The van der Waals surface area contributed by atoms with Gasteiger partial charge < -0.3 is 24.0 Å². The molecule has 0 aliphatic rings. The molecule has 3 aromatic carbocycles. The van der Waals surface area contributed by atoms with Gasteiger partial charge in [0, 0.05) is 6.08 Å². The number of carbonyl (C=O) groups excluding carboxylic acids is 2. The summed E-state index contributed by atoms with van der Waals surface area (Å²) in [7, 11) is -1.64. The van der Waals surface area contributed by atoms with Crippen molar-refractivity contribution in [2.24, 2.45) is 0 Å². The fraction of sp³-hybridized carbons (Fsp3) is 0.371. The third-order valence-corrected chi connectivity index (χ3v) is 11.9. The topological polar surface area (TPSA) is 83.1 Å². The maximum atomic E-state index is 13.2. The zero-order valence-electron chi connectivity index (χ0n) is 26.3. The smallest absolute Gasteiger partial charge is 0.408 e. The minimum Gasteiger partial charge on any atom is -0.466 e. The van der Waals surface area contributed by atoms with Crippen molar-refractivity contribution in [1.82, 2.24) is 5.32 Å². The molecule has 3 aromatic rings. The normalized spacial score (nSPS) is 13.7. The molecule has 7 nitrogen and oxygen atoms in total. The van der Waals surface area contributed by atoms with Crippen molar-refractivity contribution in [2.45, 2.75) is 70.9 Å². The van der Waals surface area contributed by atoms with Crippen LogP contribution in [0.5, 0.6) is 0 Å². The Labute approximate surface area is 257 Å². The van der Waals surface area contributed by atoms with Crippen LogP contribution in [0.4, 0.5) is 4.79 Å². The number of esters is 1. The molecule has 2 atom stereocenters. The second kappa shape index (κ2) is 15.1. The molecule has 0 radical (unpaired) electrons. The van der Waals surface area contributed by atoms with Crippen LogP contribution in [0.25, 0.3) is 0 Å². The predicted molar refractivity (Wildman–Crippen MR) is 173 cm³/mol. The van der Waals surface area contributed by atoms with Crippen LogP contribution >= 0.6 is 0 Å². The lowest BCUT2D eigenvalue weighted by molar-refractivity contribution is -0.134. The number of amides is 1. The van der Waals surface area contributed by atoms with Gasteiger partial charge in [-0.3, -0.25) is 0 Å². The molecule has 0 unspecified atom stereocenters. The standard InChI is InChI=1S/C35H45NO6Si/c1-34(2,3)42-33(38)36-30(31(23-24-32(37)39-7)40-25-27-17-11-8-12-18-27)26-41-43(35(4,5)6,28-19-13-9-14-20-28)29-21-15-10-16-22-29/h8-24,30-31H,25-26H2,1-7H3,(H,36,38)/b24-23-/t30-,31+/m1/s1. The summed E-state index contributed by atoms with van der Waals surface area (Å²) < 4.78 is 24.0. The van der Waals surface area contributed by atoms with Gasteiger partial charge in [0.1, 0.15) is 5.60 Å². The lowest BCUT2D eigenvalue weighted by Gasteiger charge is -2.44. The summed E-state index contributed by atoms with van der Waals surface area (Å²) in [4.78, 5) is 25.3. The maximum Gasteiger partial charge on any atom is 0.408 e. The van der Waals surface area contributed by atoms with Crippen molar-refractivity contribution < 1.29 is 28.2 Å². The molecular weight excluding hydrogens is 558 g/mol. The van der Waals surface area contributed by atoms with E-state index in [1.165, 1.54) is 13.2 Å². The van der Waals surface area contributed by atoms with E-state index in [1.54, 1.807) is 26.8 Å². The first-order chi connectivity index (χ1) is 20.4. The van der Waals surface area contributed by atoms with Crippen LogP contribution in [-0.2, 0) is 30.0 Å². The van der Waals surface area contributed by atoms with Gasteiger partial charge in [0.15, 0.2) is 0 Å². The average molecular weight is 604 g/mol. The van der Waals surface area contributed by atoms with Gasteiger partial charge in [-0.15, -0.1) is 0 Å². The molecule has 0 bridgehead atoms. The molecular formula is C35H45NO6Si. The number of methoxy groups -OCH3 is 1. The Morgan fingerprint density at radius 2 is 1.33 bits per heavy atom. The summed E-state index contributed by atoms with van der Waals surface area (Å²) in [5, 5.41) is 4.92. The largest absolute Gasteiger partial charge is 0.466 e. The molecule has 230 valence electrons. The van der Waals surface area contributed by atoms with Crippen molar-refractivity contribution in [1.29, 1.82) is 0 Å². The second-order valence-electron chi connectivity index (χ2n) is 12.4. The summed E-state index contributed by atoms with van der Waals surface area (Å²) in [6.45, 7) is 12.3. The zero-order valence-corrected chi connectivity index (χ0v) is 27.3. The first-order valence-electron chi connectivity index (χ1n) is 14.5. The molecule has 43 heavy (non-hydrogen) atoms. The average Bonchev–Trinajstić information content (AvgIpc) is 2.97. The highest BCUT2D eigenvalue weighted by atomic mass is 28.4. The summed E-state index contributed by atoms with van der Waals surface area (Å²) in [6, 6.07) is 29.5. The van der Waals surface area contributed by atoms with Gasteiger partial charge in [-0.25, -0.2) is 9.59 Å². The van der Waals surface area contributed by atoms with E-state index in [1.807, 2.05) is 66.7 Å². The summed E-state index contributed by atoms with van der Waals surface area (Å²) in [6.07, 6.45) is 1.56. The molecule has 0 heterocycles. The fourth-order valence-electron chi connectivity index (χ4n) is 4.97. The summed E-state index contributed by atoms with van der Waals surface area (Å²) in [5.74, 6) is -0.530. The minimum atomic E-state index is -2.96. The number of benzene rings is 3. The highest BCUT2D eigenvalue weighted by molar-refractivity contribution is 6.99. The Morgan fingerprint density at radius 3 is 1.79 bits per heavy atom. The van der Waals surface area contributed by atoms with Crippen molar-refractivity contribution >= 4 is 30.8 Å². The molecule has 8 heteroatoms. The van der Waals surface area contributed by atoms with Crippen LogP contribution in [-0.4, -0.2) is 51.8 Å². The highest BCUT2D eigenvalue weighted by Gasteiger charge is 2.50. The Bertz CT molecular complexity index is 1280. The van der Waals surface area contributed by atoms with E-state index >= 15 is 0 Å². The van der Waals surface area contributed by atoms with Gasteiger partial charge >= 0.3 is 12.1 Å². The second-order valence-corrected chi connectivity index (χ2v) is 16.7. The van der Waals surface area contributed by atoms with E-state index in [0.717, 1.165) is 15.9 Å². The zero-order chi connectivity index (χ0) is 31.5. The van der Waals surface area contributed by atoms with Crippen LogP contribution in [0.1, 0.15) is 47.1 Å². The van der Waals surface area contributed by atoms with E-state index in [2.05, 4.69) is 50.4 Å². The number of ether oxygens (including phenoxy) is 3. The van der Waals surface area contributed by atoms with Crippen LogP contribution in [0, 0.1) is 0 Å². The van der Waals surface area contributed by atoms with Gasteiger partial charge in [0.2, 0.25) is 0 Å². The van der Waals surface area contributed by atoms with Crippen molar-refractivity contribution in [3.05, 3.63) is 109 Å². The first kappa shape index (κ1) is 33.8. The van der Waals surface area contributed by atoms with E-state index in [9.17, 15) is 9.59 Å². The molecule has 0 aliphatic heterocycles. The SMILES string of the molecule is COC(=O)/C=C\[C@H](OCc1ccccc1)[C@@H](CO[Si](c1ccccc1)(c1ccccc1)C(C)(C)C)NC(=O)OC(C)(C)C. The summed E-state index contributed by atoms with van der Waals surface area (Å²) in [5.41, 5.74) is 0.235. The van der Waals surface area contributed by atoms with Gasteiger partial charge in [0.05, 0.1) is 32.5 Å². The molecule has 1 N–H and O–H groups in total. The van der Waals surface area contributed by atoms with Crippen LogP contribution < -0.4 is 15.7 Å². The number of carbonyl (C=O) groups is 2. The van der Waals surface area contributed by atoms with Gasteiger partial charge in [-0.2, -0.15) is 0 Å². The predicted octanol–water partition coefficient (Wildman–Crippen LogP) is 5.77. The van der Waals surface area contributed by atoms with E-state index in [-0.39, 0.29) is 18.3 Å². The van der Waals surface area contributed by atoms with Crippen molar-refractivity contribution in [3.8, 4) is 0 Å². The molecule has 1 amide bonds. The van der Waals surface area contributed by atoms with E-state index in [4.69, 9.17) is 18.6 Å². The Balaban J connectivity index is 2.07. The summed E-state index contributed by atoms with van der Waals surface area (Å²) >= 11 is 0. The Morgan fingerprint density at radius 1 is 0.814 bits per heavy atom. The molecule has 3 rings (SSSR count). The van der Waals surface area contributed by atoms with E-state index < -0.39 is 38.1 Å². The molecule has 0 aliphatic carbocycles. The van der Waals surface area contributed by atoms with E-state index in [0.29, 0.717) is 0 Å². The maximum absolute atomic E-state index is 13.2.